The van der Waals surface area contributed by atoms with Crippen molar-refractivity contribution < 1.29 is 0 Å². The predicted molar refractivity (Wildman–Crippen MR) is 247 cm³/mol. The van der Waals surface area contributed by atoms with Gasteiger partial charge in [0.05, 0.1) is 22.7 Å². The average Bonchev–Trinajstić information content (AvgIpc) is 3.29. The molecule has 58 heavy (non-hydrogen) atoms. The topological polar surface area (TPSA) is 6.48 Å². The lowest BCUT2D eigenvalue weighted by molar-refractivity contribution is 1.17. The fraction of sp³-hybridized carbons (Fsp3) is 0. The van der Waals surface area contributed by atoms with Crippen molar-refractivity contribution in [2.24, 2.45) is 0 Å². The maximum absolute atomic E-state index is 2.44. The van der Waals surface area contributed by atoms with E-state index in [1.807, 2.05) is 23.5 Å². The third-order valence-electron chi connectivity index (χ3n) is 11.6. The van der Waals surface area contributed by atoms with Crippen LogP contribution in [0.2, 0.25) is 0 Å². The second-order valence-corrected chi connectivity index (χ2v) is 17.1. The van der Waals surface area contributed by atoms with Crippen LogP contribution >= 0.6 is 23.5 Å². The Balaban J connectivity index is 1.07. The molecule has 2 nitrogen and oxygen atoms in total. The zero-order chi connectivity index (χ0) is 38.2. The second-order valence-electron chi connectivity index (χ2n) is 14.9. The van der Waals surface area contributed by atoms with Crippen LogP contribution in [0.4, 0.5) is 34.1 Å². The van der Waals surface area contributed by atoms with Crippen molar-refractivity contribution in [1.82, 2.24) is 0 Å². The van der Waals surface area contributed by atoms with Gasteiger partial charge in [0.25, 0.3) is 0 Å². The largest absolute Gasteiger partial charge is 0.308 e. The number of rotatable bonds is 4. The molecule has 2 aliphatic heterocycles. The fourth-order valence-electron chi connectivity index (χ4n) is 9.01. The first-order valence-electron chi connectivity index (χ1n) is 19.7. The molecule has 272 valence electrons. The Morgan fingerprint density at radius 3 is 1.14 bits per heavy atom. The Morgan fingerprint density at radius 2 is 0.672 bits per heavy atom. The summed E-state index contributed by atoms with van der Waals surface area (Å²) >= 11 is 3.70. The van der Waals surface area contributed by atoms with Crippen LogP contribution in [0.15, 0.2) is 226 Å². The lowest BCUT2D eigenvalue weighted by atomic mass is 9.87. The lowest BCUT2D eigenvalue weighted by Gasteiger charge is -2.33. The third-order valence-corrected chi connectivity index (χ3v) is 13.8. The molecule has 0 saturated heterocycles. The molecule has 0 fully saturated rings. The van der Waals surface area contributed by atoms with Crippen LogP contribution < -0.4 is 9.80 Å². The molecular formula is C54H34N2S2. The summed E-state index contributed by atoms with van der Waals surface area (Å²) in [5.74, 6) is 0. The maximum atomic E-state index is 2.44. The van der Waals surface area contributed by atoms with E-state index in [0.29, 0.717) is 0 Å². The Hall–Kier alpha value is -6.72. The predicted octanol–water partition coefficient (Wildman–Crippen LogP) is 16.3. The van der Waals surface area contributed by atoms with Gasteiger partial charge in [-0.25, -0.2) is 0 Å². The van der Waals surface area contributed by atoms with Gasteiger partial charge in [0, 0.05) is 31.0 Å². The van der Waals surface area contributed by atoms with Crippen molar-refractivity contribution in [2.75, 3.05) is 9.80 Å². The van der Waals surface area contributed by atoms with Gasteiger partial charge in [-0.15, -0.1) is 0 Å². The summed E-state index contributed by atoms with van der Waals surface area (Å²) in [6.45, 7) is 0. The minimum Gasteiger partial charge on any atom is -0.308 e. The number of anilines is 6. The molecular weight excluding hydrogens is 741 g/mol. The molecule has 4 heteroatoms. The first-order chi connectivity index (χ1) is 28.8. The summed E-state index contributed by atoms with van der Waals surface area (Å²) < 4.78 is 0. The van der Waals surface area contributed by atoms with Crippen molar-refractivity contribution in [3.8, 4) is 22.3 Å². The van der Waals surface area contributed by atoms with Crippen molar-refractivity contribution in [1.29, 1.82) is 0 Å². The van der Waals surface area contributed by atoms with E-state index in [9.17, 15) is 0 Å². The monoisotopic (exact) mass is 774 g/mol. The van der Waals surface area contributed by atoms with Gasteiger partial charge in [0.2, 0.25) is 0 Å². The van der Waals surface area contributed by atoms with Crippen LogP contribution in [0.5, 0.6) is 0 Å². The summed E-state index contributed by atoms with van der Waals surface area (Å²) in [7, 11) is 0. The minimum absolute atomic E-state index is 1.16. The molecule has 0 aromatic heterocycles. The van der Waals surface area contributed by atoms with E-state index >= 15 is 0 Å². The summed E-state index contributed by atoms with van der Waals surface area (Å²) in [4.78, 5) is 9.87. The normalized spacial score (nSPS) is 13.0. The molecule has 0 atom stereocenters. The zero-order valence-electron chi connectivity index (χ0n) is 31.3. The zero-order valence-corrected chi connectivity index (χ0v) is 33.0. The molecule has 10 aromatic carbocycles. The number of benzene rings is 10. The fourth-order valence-corrected chi connectivity index (χ4v) is 11.1. The molecule has 0 saturated carbocycles. The van der Waals surface area contributed by atoms with E-state index in [4.69, 9.17) is 0 Å². The van der Waals surface area contributed by atoms with Crippen LogP contribution in [-0.2, 0) is 0 Å². The van der Waals surface area contributed by atoms with Crippen LogP contribution in [0.25, 0.3) is 54.6 Å². The molecule has 0 N–H and O–H groups in total. The average molecular weight is 775 g/mol. The van der Waals surface area contributed by atoms with E-state index in [-0.39, 0.29) is 0 Å². The van der Waals surface area contributed by atoms with Gasteiger partial charge in [0.15, 0.2) is 0 Å². The standard InChI is InChI=1S/C54H34N2S2/c1-3-15-38(16-4-1)55-46-23-11-13-25-50(46)57-52-29-27-35(33-48(52)55)44-31-37-32-45(41-20-8-10-22-43(41)54(37)42-21-9-7-19-40(42)44)36-28-30-53-49(34-36)56(39-17-5-2-6-18-39)47-24-12-14-26-51(47)58-53/h1-34H. The lowest BCUT2D eigenvalue weighted by Crippen LogP contribution is -2.14. The van der Waals surface area contributed by atoms with Gasteiger partial charge in [-0.3, -0.25) is 0 Å². The highest BCUT2D eigenvalue weighted by Crippen LogP contribution is 2.54. The quantitative estimate of drug-likeness (QED) is 0.164. The molecule has 10 aromatic rings. The number of para-hydroxylation sites is 4. The Kier molecular flexibility index (Phi) is 7.75. The van der Waals surface area contributed by atoms with E-state index in [1.165, 1.54) is 96.9 Å². The minimum atomic E-state index is 1.16. The number of hydrogen-bond donors (Lipinski definition) is 0. The first-order valence-corrected chi connectivity index (χ1v) is 21.3. The molecule has 2 aliphatic rings. The van der Waals surface area contributed by atoms with Gasteiger partial charge in [-0.2, -0.15) is 0 Å². The van der Waals surface area contributed by atoms with Gasteiger partial charge in [-0.1, -0.05) is 145 Å². The number of nitrogens with zero attached hydrogens (tertiary/aromatic N) is 2. The van der Waals surface area contributed by atoms with Gasteiger partial charge in [0.1, 0.15) is 0 Å². The first kappa shape index (κ1) is 33.4. The maximum Gasteiger partial charge on any atom is 0.0607 e. The van der Waals surface area contributed by atoms with Crippen LogP contribution in [0, 0.1) is 0 Å². The Labute approximate surface area is 346 Å². The van der Waals surface area contributed by atoms with E-state index in [0.717, 1.165) is 11.4 Å². The molecule has 12 rings (SSSR count). The van der Waals surface area contributed by atoms with Gasteiger partial charge >= 0.3 is 0 Å². The summed E-state index contributed by atoms with van der Waals surface area (Å²) in [5, 5.41) is 7.57. The summed E-state index contributed by atoms with van der Waals surface area (Å²) in [5.41, 5.74) is 12.0. The van der Waals surface area contributed by atoms with E-state index < -0.39 is 0 Å². The van der Waals surface area contributed by atoms with Gasteiger partial charge < -0.3 is 9.80 Å². The molecule has 0 aliphatic carbocycles. The highest BCUT2D eigenvalue weighted by atomic mass is 32.2. The van der Waals surface area contributed by atoms with Gasteiger partial charge in [-0.05, 0) is 140 Å². The summed E-state index contributed by atoms with van der Waals surface area (Å²) in [6.07, 6.45) is 0. The van der Waals surface area contributed by atoms with Crippen LogP contribution in [0.3, 0.4) is 0 Å². The highest BCUT2D eigenvalue weighted by Gasteiger charge is 2.27. The smallest absolute Gasteiger partial charge is 0.0607 e. The highest BCUT2D eigenvalue weighted by molar-refractivity contribution is 8.00. The van der Waals surface area contributed by atoms with E-state index in [2.05, 4.69) is 216 Å². The molecule has 0 spiro atoms. The summed E-state index contributed by atoms with van der Waals surface area (Å²) in [6, 6.07) is 75.8. The number of fused-ring (bicyclic) bond motifs is 9. The molecule has 0 amide bonds. The van der Waals surface area contributed by atoms with Crippen molar-refractivity contribution in [2.45, 2.75) is 19.6 Å². The second kappa shape index (κ2) is 13.5. The molecule has 0 unspecified atom stereocenters. The Morgan fingerprint density at radius 1 is 0.293 bits per heavy atom. The van der Waals surface area contributed by atoms with Crippen molar-refractivity contribution in [3.05, 3.63) is 206 Å². The molecule has 0 bridgehead atoms. The molecule has 0 radical (unpaired) electrons. The van der Waals surface area contributed by atoms with Crippen LogP contribution in [-0.4, -0.2) is 0 Å². The SMILES string of the molecule is c1ccc(N2c3ccccc3Sc3ccc(-c4cc5cc(-c6ccc7c(c6)N(c6ccccc6)c6ccccc6S7)c6ccccc6c5c5ccccc45)cc32)cc1. The van der Waals surface area contributed by atoms with Crippen molar-refractivity contribution >= 4 is 90.0 Å². The van der Waals surface area contributed by atoms with E-state index in [1.54, 1.807) is 0 Å². The molecule has 2 heterocycles. The third kappa shape index (κ3) is 5.30. The van der Waals surface area contributed by atoms with Crippen LogP contribution in [0.1, 0.15) is 0 Å². The van der Waals surface area contributed by atoms with Crippen molar-refractivity contribution in [3.63, 3.8) is 0 Å². The Bertz CT molecular complexity index is 3030. The number of hydrogen-bond acceptors (Lipinski definition) is 4.